The maximum Gasteiger partial charge on any atom is 0.257 e. The average molecular weight is 451 g/mol. The number of carbonyl (C=O) groups is 1. The maximum atomic E-state index is 13.8. The van der Waals surface area contributed by atoms with Gasteiger partial charge in [0.1, 0.15) is 23.0 Å². The average Bonchev–Trinajstić information content (AvgIpc) is 3.15. The lowest BCUT2D eigenvalue weighted by atomic mass is 10.2. The number of ether oxygens (including phenoxy) is 1. The van der Waals surface area contributed by atoms with Crippen LogP contribution >= 0.6 is 11.8 Å². The first-order chi connectivity index (χ1) is 15.0. The van der Waals surface area contributed by atoms with Gasteiger partial charge in [-0.05, 0) is 18.6 Å². The molecule has 3 rings (SSSR count). The highest BCUT2D eigenvalue weighted by atomic mass is 32.2. The minimum atomic E-state index is -0.904. The summed E-state index contributed by atoms with van der Waals surface area (Å²) >= 11 is 1.54. The number of amides is 1. The highest BCUT2D eigenvalue weighted by Crippen LogP contribution is 2.24. The molecule has 166 valence electrons. The highest BCUT2D eigenvalue weighted by molar-refractivity contribution is 7.99. The summed E-state index contributed by atoms with van der Waals surface area (Å²) in [6.07, 6.45) is 2.63. The molecule has 0 aliphatic heterocycles. The largest absolute Gasteiger partial charge is 0.383 e. The highest BCUT2D eigenvalue weighted by Gasteiger charge is 2.17. The van der Waals surface area contributed by atoms with E-state index in [-0.39, 0.29) is 13.1 Å². The Labute approximate surface area is 182 Å². The third kappa shape index (κ3) is 5.67. The summed E-state index contributed by atoms with van der Waals surface area (Å²) in [5, 5.41) is 11.5. The molecule has 0 unspecified atom stereocenters. The maximum absolute atomic E-state index is 13.8. The smallest absolute Gasteiger partial charge is 0.257 e. The molecule has 2 aromatic heterocycles. The normalized spacial score (nSPS) is 11.1. The Hall–Kier alpha value is -2.79. The van der Waals surface area contributed by atoms with Gasteiger partial charge in [-0.1, -0.05) is 24.8 Å². The molecule has 0 saturated heterocycles. The Morgan fingerprint density at radius 1 is 1.23 bits per heavy atom. The SMILES string of the molecule is CCCSc1nc(NCCOC)c2cnn(CCNC(=O)c3c(F)cccc3F)c2n1. The number of benzene rings is 1. The number of anilines is 1. The zero-order valence-electron chi connectivity index (χ0n) is 17.3. The number of carbonyl (C=O) groups excluding carboxylic acids is 1. The lowest BCUT2D eigenvalue weighted by Crippen LogP contribution is -2.29. The van der Waals surface area contributed by atoms with Gasteiger partial charge in [-0.15, -0.1) is 0 Å². The summed E-state index contributed by atoms with van der Waals surface area (Å²) in [5.74, 6) is -1.09. The standard InChI is InChI=1S/C20H24F2N6O2S/c1-3-11-31-20-26-17(23-8-10-30-2)13-12-25-28(18(13)27-20)9-7-24-19(29)16-14(21)5-4-6-15(16)22/h4-6,12H,3,7-11H2,1-2H3,(H,24,29)(H,23,26,27). The molecule has 1 aromatic carbocycles. The van der Waals surface area contributed by atoms with Gasteiger partial charge in [-0.2, -0.15) is 5.10 Å². The molecule has 0 aliphatic carbocycles. The van der Waals surface area contributed by atoms with Crippen LogP contribution in [-0.4, -0.2) is 58.2 Å². The Morgan fingerprint density at radius 2 is 2.00 bits per heavy atom. The molecular weight excluding hydrogens is 426 g/mol. The van der Waals surface area contributed by atoms with E-state index >= 15 is 0 Å². The number of thioether (sulfide) groups is 1. The van der Waals surface area contributed by atoms with Crippen molar-refractivity contribution in [3.05, 3.63) is 41.6 Å². The molecule has 8 nitrogen and oxygen atoms in total. The van der Waals surface area contributed by atoms with Gasteiger partial charge in [-0.3, -0.25) is 4.79 Å². The summed E-state index contributed by atoms with van der Waals surface area (Å²) in [6.45, 7) is 3.58. The molecule has 0 spiro atoms. The molecule has 1 amide bonds. The summed E-state index contributed by atoms with van der Waals surface area (Å²) in [4.78, 5) is 21.3. The summed E-state index contributed by atoms with van der Waals surface area (Å²) < 4.78 is 34.3. The predicted molar refractivity (Wildman–Crippen MR) is 115 cm³/mol. The summed E-state index contributed by atoms with van der Waals surface area (Å²) in [7, 11) is 1.62. The van der Waals surface area contributed by atoms with Gasteiger partial charge in [0.2, 0.25) is 0 Å². The van der Waals surface area contributed by atoms with E-state index in [1.165, 1.54) is 6.07 Å². The monoisotopic (exact) mass is 450 g/mol. The van der Waals surface area contributed by atoms with Crippen LogP contribution in [0, 0.1) is 11.6 Å². The number of hydrogen-bond acceptors (Lipinski definition) is 7. The van der Waals surface area contributed by atoms with E-state index in [9.17, 15) is 13.6 Å². The van der Waals surface area contributed by atoms with Crippen LogP contribution in [-0.2, 0) is 11.3 Å². The van der Waals surface area contributed by atoms with E-state index in [2.05, 4.69) is 32.6 Å². The minimum absolute atomic E-state index is 0.122. The number of nitrogens with zero attached hydrogens (tertiary/aromatic N) is 4. The van der Waals surface area contributed by atoms with Crippen LogP contribution in [0.5, 0.6) is 0 Å². The quantitative estimate of drug-likeness (QED) is 0.263. The molecule has 0 atom stereocenters. The predicted octanol–water partition coefficient (Wildman–Crippen LogP) is 3.09. The molecule has 3 aromatic rings. The third-order valence-corrected chi connectivity index (χ3v) is 5.36. The fraction of sp³-hybridized carbons (Fsp3) is 0.400. The Kier molecular flexibility index (Phi) is 8.13. The summed E-state index contributed by atoms with van der Waals surface area (Å²) in [5.41, 5.74) is 0.0119. The number of rotatable bonds is 11. The molecule has 2 heterocycles. The first-order valence-electron chi connectivity index (χ1n) is 9.86. The van der Waals surface area contributed by atoms with Gasteiger partial charge in [0, 0.05) is 26.0 Å². The molecule has 0 saturated carbocycles. The van der Waals surface area contributed by atoms with Crippen molar-refractivity contribution in [1.29, 1.82) is 0 Å². The summed E-state index contributed by atoms with van der Waals surface area (Å²) in [6, 6.07) is 3.30. The lowest BCUT2D eigenvalue weighted by Gasteiger charge is -2.10. The molecule has 2 N–H and O–H groups in total. The number of halogens is 2. The minimum Gasteiger partial charge on any atom is -0.383 e. The van der Waals surface area contributed by atoms with Gasteiger partial charge in [0.15, 0.2) is 10.8 Å². The molecule has 0 fully saturated rings. The molecule has 0 aliphatic rings. The van der Waals surface area contributed by atoms with E-state index in [4.69, 9.17) is 4.74 Å². The van der Waals surface area contributed by atoms with Crippen LogP contribution in [0.4, 0.5) is 14.6 Å². The number of methoxy groups -OCH3 is 1. The fourth-order valence-electron chi connectivity index (χ4n) is 2.84. The molecule has 31 heavy (non-hydrogen) atoms. The van der Waals surface area contributed by atoms with Crippen molar-refractivity contribution < 1.29 is 18.3 Å². The Bertz CT molecular complexity index is 1030. The first-order valence-corrected chi connectivity index (χ1v) is 10.8. The van der Waals surface area contributed by atoms with Gasteiger partial charge >= 0.3 is 0 Å². The van der Waals surface area contributed by atoms with Crippen LogP contribution in [0.3, 0.4) is 0 Å². The first kappa shape index (κ1) is 22.9. The van der Waals surface area contributed by atoms with Crippen LogP contribution in [0.25, 0.3) is 11.0 Å². The number of hydrogen-bond donors (Lipinski definition) is 2. The van der Waals surface area contributed by atoms with Crippen molar-refractivity contribution in [2.45, 2.75) is 25.0 Å². The van der Waals surface area contributed by atoms with E-state index in [1.807, 2.05) is 0 Å². The van der Waals surface area contributed by atoms with Gasteiger partial charge in [0.05, 0.1) is 24.7 Å². The molecular formula is C20H24F2N6O2S. The van der Waals surface area contributed by atoms with Crippen LogP contribution in [0.15, 0.2) is 29.6 Å². The molecule has 11 heteroatoms. The lowest BCUT2D eigenvalue weighted by molar-refractivity contribution is 0.0943. The van der Waals surface area contributed by atoms with Crippen molar-refractivity contribution in [1.82, 2.24) is 25.1 Å². The van der Waals surface area contributed by atoms with Crippen molar-refractivity contribution in [2.24, 2.45) is 0 Å². The van der Waals surface area contributed by atoms with E-state index < -0.39 is 23.1 Å². The van der Waals surface area contributed by atoms with Crippen LogP contribution < -0.4 is 10.6 Å². The van der Waals surface area contributed by atoms with Gasteiger partial charge in [-0.25, -0.2) is 23.4 Å². The second-order valence-corrected chi connectivity index (χ2v) is 7.64. The van der Waals surface area contributed by atoms with Crippen molar-refractivity contribution in [2.75, 3.05) is 37.9 Å². The molecule has 0 radical (unpaired) electrons. The second kappa shape index (κ2) is 11.0. The van der Waals surface area contributed by atoms with Crippen molar-refractivity contribution in [3.8, 4) is 0 Å². The van der Waals surface area contributed by atoms with Crippen LogP contribution in [0.1, 0.15) is 23.7 Å². The van der Waals surface area contributed by atoms with E-state index in [0.29, 0.717) is 29.8 Å². The van der Waals surface area contributed by atoms with Crippen molar-refractivity contribution >= 4 is 34.5 Å². The van der Waals surface area contributed by atoms with Gasteiger partial charge < -0.3 is 15.4 Å². The Balaban J connectivity index is 1.75. The van der Waals surface area contributed by atoms with Gasteiger partial charge in [0.25, 0.3) is 5.91 Å². The number of nitrogens with one attached hydrogen (secondary N) is 2. The topological polar surface area (TPSA) is 94.0 Å². The Morgan fingerprint density at radius 3 is 2.71 bits per heavy atom. The zero-order chi connectivity index (χ0) is 22.2. The number of fused-ring (bicyclic) bond motifs is 1. The van der Waals surface area contributed by atoms with Crippen molar-refractivity contribution in [3.63, 3.8) is 0 Å². The second-order valence-electron chi connectivity index (χ2n) is 6.58. The zero-order valence-corrected chi connectivity index (χ0v) is 18.1. The number of aromatic nitrogens is 4. The van der Waals surface area contributed by atoms with Crippen LogP contribution in [0.2, 0.25) is 0 Å². The third-order valence-electron chi connectivity index (χ3n) is 4.31. The molecule has 0 bridgehead atoms. The fourth-order valence-corrected chi connectivity index (χ4v) is 3.54. The van der Waals surface area contributed by atoms with E-state index in [0.717, 1.165) is 29.7 Å². The van der Waals surface area contributed by atoms with E-state index in [1.54, 1.807) is 29.8 Å².